The molecule has 0 radical (unpaired) electrons. The second-order valence-corrected chi connectivity index (χ2v) is 5.83. The molecule has 3 N–H and O–H groups in total. The van der Waals surface area contributed by atoms with Crippen LogP contribution in [0.1, 0.15) is 46.5 Å². The Hall–Kier alpha value is -1.59. The van der Waals surface area contributed by atoms with Crippen LogP contribution < -0.4 is 15.8 Å². The monoisotopic (exact) mass is 265 g/mol. The molecule has 0 amide bonds. The fraction of sp³-hybridized carbons (Fsp3) is 0.769. The van der Waals surface area contributed by atoms with Gasteiger partial charge in [0.1, 0.15) is 0 Å². The second kappa shape index (κ2) is 5.59. The lowest BCUT2D eigenvalue weighted by Gasteiger charge is -2.35. The SMILES string of the molecule is CCOc1nc(N)nc(NC2CCCC(C)(C)C2)n1. The molecular weight excluding hydrogens is 242 g/mol. The van der Waals surface area contributed by atoms with Crippen LogP contribution in [-0.2, 0) is 0 Å². The van der Waals surface area contributed by atoms with E-state index in [1.165, 1.54) is 12.8 Å². The van der Waals surface area contributed by atoms with Gasteiger partial charge in [0.2, 0.25) is 11.9 Å². The van der Waals surface area contributed by atoms with Gasteiger partial charge in [-0.1, -0.05) is 20.3 Å². The zero-order valence-corrected chi connectivity index (χ0v) is 11.9. The van der Waals surface area contributed by atoms with Crippen molar-refractivity contribution in [2.75, 3.05) is 17.7 Å². The number of nitrogens with zero attached hydrogens (tertiary/aromatic N) is 3. The van der Waals surface area contributed by atoms with Crippen LogP contribution in [0, 0.1) is 5.41 Å². The standard InChI is InChI=1S/C13H23N5O/c1-4-19-12-17-10(14)16-11(18-12)15-9-6-5-7-13(2,3)8-9/h9H,4-8H2,1-3H3,(H3,14,15,16,17,18). The third kappa shape index (κ3) is 3.94. The number of nitrogens with one attached hydrogen (secondary N) is 1. The number of ether oxygens (including phenoxy) is 1. The largest absolute Gasteiger partial charge is 0.464 e. The molecule has 0 spiro atoms. The van der Waals surface area contributed by atoms with E-state index in [-0.39, 0.29) is 12.0 Å². The van der Waals surface area contributed by atoms with Gasteiger partial charge in [-0.15, -0.1) is 0 Å². The summed E-state index contributed by atoms with van der Waals surface area (Å²) in [5.74, 6) is 0.703. The lowest BCUT2D eigenvalue weighted by atomic mass is 9.75. The quantitative estimate of drug-likeness (QED) is 0.868. The molecule has 106 valence electrons. The van der Waals surface area contributed by atoms with Gasteiger partial charge in [0, 0.05) is 6.04 Å². The van der Waals surface area contributed by atoms with Crippen molar-refractivity contribution in [1.29, 1.82) is 0 Å². The van der Waals surface area contributed by atoms with Crippen LogP contribution in [0.4, 0.5) is 11.9 Å². The van der Waals surface area contributed by atoms with E-state index in [1.54, 1.807) is 0 Å². The van der Waals surface area contributed by atoms with Crippen LogP contribution >= 0.6 is 0 Å². The zero-order valence-electron chi connectivity index (χ0n) is 11.9. The first kappa shape index (κ1) is 13.8. The van der Waals surface area contributed by atoms with Crippen LogP contribution in [0.5, 0.6) is 6.01 Å². The first-order valence-corrected chi connectivity index (χ1v) is 6.89. The second-order valence-electron chi connectivity index (χ2n) is 5.83. The maximum atomic E-state index is 5.67. The van der Waals surface area contributed by atoms with E-state index in [4.69, 9.17) is 10.5 Å². The van der Waals surface area contributed by atoms with Gasteiger partial charge >= 0.3 is 6.01 Å². The first-order chi connectivity index (χ1) is 8.98. The Labute approximate surface area is 114 Å². The molecular formula is C13H23N5O. The topological polar surface area (TPSA) is 86.0 Å². The minimum atomic E-state index is 0.191. The number of anilines is 2. The van der Waals surface area contributed by atoms with Gasteiger partial charge in [-0.05, 0) is 31.6 Å². The molecule has 1 heterocycles. The molecule has 0 bridgehead atoms. The maximum Gasteiger partial charge on any atom is 0.323 e. The van der Waals surface area contributed by atoms with Crippen LogP contribution in [0.2, 0.25) is 0 Å². The Morgan fingerprint density at radius 1 is 1.37 bits per heavy atom. The smallest absolute Gasteiger partial charge is 0.323 e. The van der Waals surface area contributed by atoms with E-state index in [1.807, 2.05) is 6.92 Å². The normalized spacial score (nSPS) is 21.9. The molecule has 1 saturated carbocycles. The van der Waals surface area contributed by atoms with E-state index in [2.05, 4.69) is 34.1 Å². The highest BCUT2D eigenvalue weighted by molar-refractivity contribution is 5.33. The average Bonchev–Trinajstić information content (AvgIpc) is 2.26. The molecule has 19 heavy (non-hydrogen) atoms. The highest BCUT2D eigenvalue weighted by Gasteiger charge is 2.28. The van der Waals surface area contributed by atoms with Crippen molar-refractivity contribution in [3.05, 3.63) is 0 Å². The molecule has 1 aromatic heterocycles. The van der Waals surface area contributed by atoms with Crippen LogP contribution in [0.25, 0.3) is 0 Å². The molecule has 1 aromatic rings. The van der Waals surface area contributed by atoms with Gasteiger partial charge in [-0.2, -0.15) is 15.0 Å². The van der Waals surface area contributed by atoms with E-state index < -0.39 is 0 Å². The lowest BCUT2D eigenvalue weighted by Crippen LogP contribution is -2.32. The van der Waals surface area contributed by atoms with E-state index in [0.29, 0.717) is 24.0 Å². The summed E-state index contributed by atoms with van der Waals surface area (Å²) in [4.78, 5) is 12.3. The van der Waals surface area contributed by atoms with Crippen molar-refractivity contribution in [1.82, 2.24) is 15.0 Å². The van der Waals surface area contributed by atoms with Crippen LogP contribution in [0.15, 0.2) is 0 Å². The number of nitrogen functional groups attached to an aromatic ring is 1. The van der Waals surface area contributed by atoms with Crippen LogP contribution in [-0.4, -0.2) is 27.6 Å². The fourth-order valence-corrected chi connectivity index (χ4v) is 2.63. The van der Waals surface area contributed by atoms with E-state index >= 15 is 0 Å². The molecule has 6 nitrogen and oxygen atoms in total. The summed E-state index contributed by atoms with van der Waals surface area (Å²) in [6, 6.07) is 0.674. The third-order valence-corrected chi connectivity index (χ3v) is 3.44. The van der Waals surface area contributed by atoms with Crippen molar-refractivity contribution >= 4 is 11.9 Å². The lowest BCUT2D eigenvalue weighted by molar-refractivity contribution is 0.229. The summed E-state index contributed by atoms with van der Waals surface area (Å²) < 4.78 is 5.28. The van der Waals surface area contributed by atoms with Gasteiger partial charge in [0.25, 0.3) is 0 Å². The van der Waals surface area contributed by atoms with Crippen molar-refractivity contribution in [3.63, 3.8) is 0 Å². The van der Waals surface area contributed by atoms with Crippen molar-refractivity contribution in [3.8, 4) is 6.01 Å². The average molecular weight is 265 g/mol. The van der Waals surface area contributed by atoms with Crippen molar-refractivity contribution in [2.24, 2.45) is 5.41 Å². The summed E-state index contributed by atoms with van der Waals surface area (Å²) >= 11 is 0. The van der Waals surface area contributed by atoms with Gasteiger partial charge < -0.3 is 15.8 Å². The van der Waals surface area contributed by atoms with Crippen LogP contribution in [0.3, 0.4) is 0 Å². The molecule has 1 atom stereocenters. The molecule has 1 aliphatic carbocycles. The van der Waals surface area contributed by atoms with Gasteiger partial charge in [-0.25, -0.2) is 0 Å². The number of aromatic nitrogens is 3. The Balaban J connectivity index is 2.06. The zero-order chi connectivity index (χ0) is 13.9. The number of nitrogens with two attached hydrogens (primary N) is 1. The fourth-order valence-electron chi connectivity index (χ4n) is 2.63. The summed E-state index contributed by atoms with van der Waals surface area (Å²) in [7, 11) is 0. The molecule has 1 fully saturated rings. The summed E-state index contributed by atoms with van der Waals surface area (Å²) in [5, 5.41) is 3.35. The molecule has 2 rings (SSSR count). The molecule has 0 saturated heterocycles. The highest BCUT2D eigenvalue weighted by Crippen LogP contribution is 2.36. The first-order valence-electron chi connectivity index (χ1n) is 6.89. The predicted molar refractivity (Wildman–Crippen MR) is 75.1 cm³/mol. The molecule has 1 unspecified atom stereocenters. The van der Waals surface area contributed by atoms with E-state index in [9.17, 15) is 0 Å². The Morgan fingerprint density at radius 2 is 2.16 bits per heavy atom. The van der Waals surface area contributed by atoms with Crippen molar-refractivity contribution in [2.45, 2.75) is 52.5 Å². The third-order valence-electron chi connectivity index (χ3n) is 3.44. The molecule has 6 heteroatoms. The summed E-state index contributed by atoms with van der Waals surface area (Å²) in [6.45, 7) is 7.00. The van der Waals surface area contributed by atoms with Crippen molar-refractivity contribution < 1.29 is 4.74 Å². The van der Waals surface area contributed by atoms with Gasteiger partial charge in [0.15, 0.2) is 0 Å². The molecule has 0 aromatic carbocycles. The predicted octanol–water partition coefficient (Wildman–Crippen LogP) is 2.23. The molecule has 1 aliphatic rings. The maximum absolute atomic E-state index is 5.67. The van der Waals surface area contributed by atoms with E-state index in [0.717, 1.165) is 12.8 Å². The molecule has 0 aliphatic heterocycles. The Morgan fingerprint density at radius 3 is 2.84 bits per heavy atom. The minimum Gasteiger partial charge on any atom is -0.464 e. The number of hydrogen-bond acceptors (Lipinski definition) is 6. The Bertz CT molecular complexity index is 435. The van der Waals surface area contributed by atoms with Gasteiger partial charge in [0.05, 0.1) is 6.61 Å². The summed E-state index contributed by atoms with van der Waals surface area (Å²) in [6.07, 6.45) is 4.75. The Kier molecular flexibility index (Phi) is 4.07. The number of rotatable bonds is 4. The highest BCUT2D eigenvalue weighted by atomic mass is 16.5. The number of hydrogen-bond donors (Lipinski definition) is 2. The summed E-state index contributed by atoms with van der Waals surface area (Å²) in [5.41, 5.74) is 6.04. The van der Waals surface area contributed by atoms with Gasteiger partial charge in [-0.3, -0.25) is 0 Å². The minimum absolute atomic E-state index is 0.191.